The summed E-state index contributed by atoms with van der Waals surface area (Å²) in [6.45, 7) is 0.0559. The maximum absolute atomic E-state index is 13.4. The number of carbonyl (C=O) groups excluding carboxylic acids is 1. The van der Waals surface area contributed by atoms with Crippen LogP contribution in [0.2, 0.25) is 0 Å². The highest BCUT2D eigenvalue weighted by Gasteiger charge is 2.13. The summed E-state index contributed by atoms with van der Waals surface area (Å²) in [6, 6.07) is 1.19. The third kappa shape index (κ3) is 4.26. The molecule has 4 N–H and O–H groups in total. The number of nitrogens with one attached hydrogen (secondary N) is 2. The van der Waals surface area contributed by atoms with Gasteiger partial charge in [-0.3, -0.25) is 4.79 Å². The van der Waals surface area contributed by atoms with Gasteiger partial charge in [-0.2, -0.15) is 0 Å². The number of halogens is 1. The molecule has 7 nitrogen and oxygen atoms in total. The van der Waals surface area contributed by atoms with Gasteiger partial charge in [0.25, 0.3) is 5.91 Å². The van der Waals surface area contributed by atoms with Crippen LogP contribution in [-0.2, 0) is 10.0 Å². The number of hydrogen-bond acceptors (Lipinski definition) is 5. The van der Waals surface area contributed by atoms with E-state index in [-0.39, 0.29) is 24.5 Å². The van der Waals surface area contributed by atoms with Crippen molar-refractivity contribution in [2.75, 3.05) is 25.1 Å². The van der Waals surface area contributed by atoms with E-state index in [1.165, 1.54) is 12.3 Å². The Morgan fingerprint density at radius 3 is 2.78 bits per heavy atom. The summed E-state index contributed by atoms with van der Waals surface area (Å²) in [4.78, 5) is 15.0. The van der Waals surface area contributed by atoms with Gasteiger partial charge >= 0.3 is 0 Å². The van der Waals surface area contributed by atoms with Crippen LogP contribution in [0.25, 0.3) is 0 Å². The molecule has 0 saturated carbocycles. The fraction of sp³-hybridized carbons (Fsp3) is 0.333. The molecule has 9 heteroatoms. The standard InChI is InChI=1S/C9H13FN4O3S/c1-18(16,17)14-5-4-13-9(15)6-2-3-12-8(11)7(6)10/h2-3,14H,4-5H2,1H3,(H2,11,12)(H,13,15). The normalized spacial score (nSPS) is 11.2. The number of nitrogen functional groups attached to an aromatic ring is 1. The molecule has 1 aromatic rings. The average molecular weight is 276 g/mol. The monoisotopic (exact) mass is 276 g/mol. The molecule has 0 radical (unpaired) electrons. The van der Waals surface area contributed by atoms with E-state index in [9.17, 15) is 17.6 Å². The minimum Gasteiger partial charge on any atom is -0.381 e. The lowest BCUT2D eigenvalue weighted by atomic mass is 10.2. The minimum atomic E-state index is -3.31. The quantitative estimate of drug-likeness (QED) is 0.602. The number of anilines is 1. The second kappa shape index (κ2) is 5.74. The summed E-state index contributed by atoms with van der Waals surface area (Å²) in [5, 5.41) is 2.35. The molecule has 1 aromatic heterocycles. The molecule has 0 aliphatic rings. The van der Waals surface area contributed by atoms with Crippen LogP contribution in [0.4, 0.5) is 10.2 Å². The molecule has 0 aromatic carbocycles. The number of aromatic nitrogens is 1. The number of amides is 1. The molecule has 0 saturated heterocycles. The number of nitrogens with zero attached hydrogens (tertiary/aromatic N) is 1. The van der Waals surface area contributed by atoms with Crippen molar-refractivity contribution in [1.82, 2.24) is 15.0 Å². The molecule has 0 aliphatic carbocycles. The van der Waals surface area contributed by atoms with Gasteiger partial charge < -0.3 is 11.1 Å². The SMILES string of the molecule is CS(=O)(=O)NCCNC(=O)c1ccnc(N)c1F. The average Bonchev–Trinajstić information content (AvgIpc) is 2.26. The Morgan fingerprint density at radius 1 is 1.50 bits per heavy atom. The Bertz CT molecular complexity index is 547. The third-order valence-electron chi connectivity index (χ3n) is 1.94. The second-order valence-corrected chi connectivity index (χ2v) is 5.31. The van der Waals surface area contributed by atoms with E-state index in [1.807, 2.05) is 0 Å². The number of nitrogens with two attached hydrogens (primary N) is 1. The number of carbonyl (C=O) groups is 1. The number of hydrogen-bond donors (Lipinski definition) is 3. The lowest BCUT2D eigenvalue weighted by Gasteiger charge is -2.07. The lowest BCUT2D eigenvalue weighted by molar-refractivity contribution is 0.0950. The van der Waals surface area contributed by atoms with Crippen LogP contribution < -0.4 is 15.8 Å². The summed E-state index contributed by atoms with van der Waals surface area (Å²) >= 11 is 0. The topological polar surface area (TPSA) is 114 Å². The van der Waals surface area contributed by atoms with Gasteiger partial charge in [0, 0.05) is 19.3 Å². The van der Waals surface area contributed by atoms with Gasteiger partial charge in [0.05, 0.1) is 11.8 Å². The second-order valence-electron chi connectivity index (χ2n) is 3.48. The van der Waals surface area contributed by atoms with Crippen molar-refractivity contribution in [1.29, 1.82) is 0 Å². The molecule has 0 fully saturated rings. The molecule has 0 unspecified atom stereocenters. The Labute approximate surface area is 104 Å². The fourth-order valence-corrected chi connectivity index (χ4v) is 1.62. The van der Waals surface area contributed by atoms with E-state index in [1.54, 1.807) is 0 Å². The van der Waals surface area contributed by atoms with Crippen LogP contribution in [0.3, 0.4) is 0 Å². The third-order valence-corrected chi connectivity index (χ3v) is 2.66. The highest BCUT2D eigenvalue weighted by Crippen LogP contribution is 2.11. The van der Waals surface area contributed by atoms with Crippen LogP contribution in [-0.4, -0.2) is 38.7 Å². The zero-order valence-electron chi connectivity index (χ0n) is 9.60. The summed E-state index contributed by atoms with van der Waals surface area (Å²) in [5.74, 6) is -1.94. The van der Waals surface area contributed by atoms with Gasteiger partial charge in [-0.05, 0) is 6.07 Å². The first-order valence-corrected chi connectivity index (χ1v) is 6.83. The largest absolute Gasteiger partial charge is 0.381 e. The van der Waals surface area contributed by atoms with Gasteiger partial charge in [-0.15, -0.1) is 0 Å². The van der Waals surface area contributed by atoms with E-state index < -0.39 is 21.7 Å². The fourth-order valence-electron chi connectivity index (χ4n) is 1.14. The molecule has 1 heterocycles. The minimum absolute atomic E-state index is 0.0206. The highest BCUT2D eigenvalue weighted by molar-refractivity contribution is 7.88. The number of sulfonamides is 1. The van der Waals surface area contributed by atoms with Crippen molar-refractivity contribution < 1.29 is 17.6 Å². The zero-order valence-corrected chi connectivity index (χ0v) is 10.4. The molecule has 0 bridgehead atoms. The van der Waals surface area contributed by atoms with Crippen LogP contribution >= 0.6 is 0 Å². The van der Waals surface area contributed by atoms with E-state index in [2.05, 4.69) is 15.0 Å². The van der Waals surface area contributed by atoms with Gasteiger partial charge in [0.15, 0.2) is 11.6 Å². The van der Waals surface area contributed by atoms with Gasteiger partial charge in [0.1, 0.15) is 0 Å². The molecule has 100 valence electrons. The molecule has 1 amide bonds. The van der Waals surface area contributed by atoms with E-state index >= 15 is 0 Å². The smallest absolute Gasteiger partial charge is 0.254 e. The van der Waals surface area contributed by atoms with Crippen molar-refractivity contribution in [3.8, 4) is 0 Å². The predicted octanol–water partition coefficient (Wildman–Crippen LogP) is -0.918. The first kappa shape index (κ1) is 14.3. The lowest BCUT2D eigenvalue weighted by Crippen LogP contribution is -2.34. The van der Waals surface area contributed by atoms with Crippen molar-refractivity contribution in [2.24, 2.45) is 0 Å². The molecule has 1 rings (SSSR count). The van der Waals surface area contributed by atoms with E-state index in [0.29, 0.717) is 0 Å². The van der Waals surface area contributed by atoms with Crippen molar-refractivity contribution in [3.63, 3.8) is 0 Å². The molecular formula is C9H13FN4O3S. The summed E-state index contributed by atoms with van der Waals surface area (Å²) in [7, 11) is -3.31. The van der Waals surface area contributed by atoms with Crippen molar-refractivity contribution in [3.05, 3.63) is 23.6 Å². The predicted molar refractivity (Wildman–Crippen MR) is 63.8 cm³/mol. The summed E-state index contributed by atoms with van der Waals surface area (Å²) in [5.41, 5.74) is 4.98. The van der Waals surface area contributed by atoms with Crippen molar-refractivity contribution in [2.45, 2.75) is 0 Å². The van der Waals surface area contributed by atoms with Crippen LogP contribution in [0.15, 0.2) is 12.3 Å². The maximum atomic E-state index is 13.4. The maximum Gasteiger partial charge on any atom is 0.254 e. The molecule has 0 aliphatic heterocycles. The van der Waals surface area contributed by atoms with Gasteiger partial charge in [-0.1, -0.05) is 0 Å². The highest BCUT2D eigenvalue weighted by atomic mass is 32.2. The van der Waals surface area contributed by atoms with Crippen LogP contribution in [0, 0.1) is 5.82 Å². The number of rotatable bonds is 5. The number of pyridine rings is 1. The van der Waals surface area contributed by atoms with Gasteiger partial charge in [0.2, 0.25) is 10.0 Å². The van der Waals surface area contributed by atoms with E-state index in [0.717, 1.165) is 6.26 Å². The first-order valence-electron chi connectivity index (χ1n) is 4.94. The zero-order chi connectivity index (χ0) is 13.8. The summed E-state index contributed by atoms with van der Waals surface area (Å²) < 4.78 is 37.0. The Hall–Kier alpha value is -1.74. The Balaban J connectivity index is 2.54. The Morgan fingerprint density at radius 2 is 2.17 bits per heavy atom. The molecule has 0 atom stereocenters. The molecule has 18 heavy (non-hydrogen) atoms. The molecule has 0 spiro atoms. The van der Waals surface area contributed by atoms with Crippen molar-refractivity contribution >= 4 is 21.7 Å². The van der Waals surface area contributed by atoms with Crippen LogP contribution in [0.5, 0.6) is 0 Å². The van der Waals surface area contributed by atoms with Crippen LogP contribution in [0.1, 0.15) is 10.4 Å². The summed E-state index contributed by atoms with van der Waals surface area (Å²) in [6.07, 6.45) is 2.21. The first-order chi connectivity index (χ1) is 8.31. The van der Waals surface area contributed by atoms with Gasteiger partial charge in [-0.25, -0.2) is 22.5 Å². The Kier molecular flexibility index (Phi) is 4.56. The van der Waals surface area contributed by atoms with E-state index in [4.69, 9.17) is 5.73 Å². The molecular weight excluding hydrogens is 263 g/mol.